The molecule has 0 aliphatic carbocycles. The van der Waals surface area contributed by atoms with Crippen molar-refractivity contribution >= 4 is 37.1 Å². The monoisotopic (exact) mass is 395 g/mol. The maximum Gasteiger partial charge on any atom is 0.247 e. The van der Waals surface area contributed by atoms with Gasteiger partial charge in [0.1, 0.15) is 8.42 Å². The van der Waals surface area contributed by atoms with Crippen molar-refractivity contribution in [2.45, 2.75) is 46.4 Å². The van der Waals surface area contributed by atoms with E-state index in [2.05, 4.69) is 0 Å². The van der Waals surface area contributed by atoms with Crippen molar-refractivity contribution in [3.63, 3.8) is 0 Å². The first-order valence-electron chi connectivity index (χ1n) is 7.44. The molecule has 0 radical (unpaired) electrons. The predicted octanol–water partition coefficient (Wildman–Crippen LogP) is 0.200. The quantitative estimate of drug-likeness (QED) is 0.729. The molecule has 136 valence electrons. The fourth-order valence-corrected chi connectivity index (χ4v) is 7.24. The van der Waals surface area contributed by atoms with E-state index in [9.17, 15) is 21.6 Å². The topological polar surface area (TPSA) is 141 Å². The standard InChI is InChI=1S/C13H21N3O5S3/c1-3-16(11(17)4-5-14)10-6-8(2)23(18,19)13-9(10)7-12(22-13)24(15,20)21/h7-8,10H,3-6,14H2,1-2H3,(H2,15,20,21). The number of carbonyl (C=O) groups excluding carboxylic acids is 1. The molecule has 2 rings (SSSR count). The van der Waals surface area contributed by atoms with Crippen LogP contribution in [0.15, 0.2) is 14.5 Å². The van der Waals surface area contributed by atoms with Gasteiger partial charge in [-0.2, -0.15) is 0 Å². The number of rotatable bonds is 5. The Balaban J connectivity index is 2.61. The molecule has 2 atom stereocenters. The second kappa shape index (κ2) is 6.71. The summed E-state index contributed by atoms with van der Waals surface area (Å²) in [5.74, 6) is -0.189. The van der Waals surface area contributed by atoms with Crippen LogP contribution in [-0.4, -0.2) is 46.0 Å². The van der Waals surface area contributed by atoms with Crippen LogP contribution in [0.25, 0.3) is 0 Å². The molecule has 0 fully saturated rings. The Morgan fingerprint density at radius 2 is 2.08 bits per heavy atom. The Hall–Kier alpha value is -1.01. The zero-order valence-corrected chi connectivity index (χ0v) is 15.9. The first-order valence-corrected chi connectivity index (χ1v) is 11.3. The molecule has 11 heteroatoms. The number of carbonyl (C=O) groups is 1. The van der Waals surface area contributed by atoms with Crippen molar-refractivity contribution in [3.05, 3.63) is 11.6 Å². The lowest BCUT2D eigenvalue weighted by Gasteiger charge is -2.36. The average Bonchev–Trinajstić information content (AvgIpc) is 2.92. The Kier molecular flexibility index (Phi) is 5.40. The summed E-state index contributed by atoms with van der Waals surface area (Å²) in [6.45, 7) is 3.91. The summed E-state index contributed by atoms with van der Waals surface area (Å²) in [7, 11) is -7.66. The second-order valence-electron chi connectivity index (χ2n) is 5.68. The molecule has 2 heterocycles. The lowest BCUT2D eigenvalue weighted by molar-refractivity contribution is -0.133. The Morgan fingerprint density at radius 3 is 2.58 bits per heavy atom. The van der Waals surface area contributed by atoms with Crippen molar-refractivity contribution in [3.8, 4) is 0 Å². The number of amides is 1. The molecule has 0 saturated heterocycles. The van der Waals surface area contributed by atoms with Gasteiger partial charge in [-0.15, -0.1) is 11.3 Å². The summed E-state index contributed by atoms with van der Waals surface area (Å²) in [6, 6.07) is 0.774. The third-order valence-corrected chi connectivity index (χ3v) is 9.40. The van der Waals surface area contributed by atoms with E-state index in [-0.39, 0.29) is 33.7 Å². The minimum atomic E-state index is -4.02. The van der Waals surface area contributed by atoms with Crippen LogP contribution in [0.5, 0.6) is 0 Å². The highest BCUT2D eigenvalue weighted by atomic mass is 32.3. The zero-order chi connectivity index (χ0) is 18.3. The van der Waals surface area contributed by atoms with Gasteiger partial charge in [0.15, 0.2) is 9.84 Å². The van der Waals surface area contributed by atoms with Gasteiger partial charge in [0.05, 0.1) is 11.3 Å². The van der Waals surface area contributed by atoms with Crippen molar-refractivity contribution in [2.24, 2.45) is 10.9 Å². The largest absolute Gasteiger partial charge is 0.336 e. The second-order valence-corrected chi connectivity index (χ2v) is 11.1. The maximum atomic E-state index is 12.5. The van der Waals surface area contributed by atoms with E-state index in [1.54, 1.807) is 18.7 Å². The van der Waals surface area contributed by atoms with Crippen LogP contribution in [0.3, 0.4) is 0 Å². The van der Waals surface area contributed by atoms with Gasteiger partial charge in [-0.05, 0) is 26.3 Å². The number of nitrogens with zero attached hydrogens (tertiary/aromatic N) is 1. The first kappa shape index (κ1) is 19.3. The van der Waals surface area contributed by atoms with E-state index in [0.29, 0.717) is 23.4 Å². The first-order chi connectivity index (χ1) is 11.0. The molecule has 24 heavy (non-hydrogen) atoms. The van der Waals surface area contributed by atoms with E-state index in [0.717, 1.165) is 0 Å². The lowest BCUT2D eigenvalue weighted by atomic mass is 10.0. The molecule has 0 saturated carbocycles. The highest BCUT2D eigenvalue weighted by Crippen LogP contribution is 2.45. The van der Waals surface area contributed by atoms with Gasteiger partial charge in [-0.25, -0.2) is 22.0 Å². The van der Waals surface area contributed by atoms with Crippen molar-refractivity contribution in [2.75, 3.05) is 13.1 Å². The summed E-state index contributed by atoms with van der Waals surface area (Å²) < 4.78 is 48.1. The zero-order valence-electron chi connectivity index (χ0n) is 13.4. The van der Waals surface area contributed by atoms with Crippen LogP contribution >= 0.6 is 11.3 Å². The van der Waals surface area contributed by atoms with E-state index in [1.165, 1.54) is 6.07 Å². The number of fused-ring (bicyclic) bond motifs is 1. The Bertz CT molecular complexity index is 844. The van der Waals surface area contributed by atoms with Crippen molar-refractivity contribution < 1.29 is 21.6 Å². The van der Waals surface area contributed by atoms with Crippen LogP contribution < -0.4 is 10.9 Å². The van der Waals surface area contributed by atoms with Crippen LogP contribution in [-0.2, 0) is 24.7 Å². The van der Waals surface area contributed by atoms with Crippen LogP contribution in [0.2, 0.25) is 0 Å². The van der Waals surface area contributed by atoms with E-state index in [1.807, 2.05) is 0 Å². The molecule has 1 amide bonds. The number of thiophene rings is 1. The summed E-state index contributed by atoms with van der Waals surface area (Å²) in [5.41, 5.74) is 5.77. The highest BCUT2D eigenvalue weighted by molar-refractivity contribution is 7.95. The third kappa shape index (κ3) is 3.36. The number of hydrogen-bond donors (Lipinski definition) is 2. The summed E-state index contributed by atoms with van der Waals surface area (Å²) >= 11 is 0.646. The third-order valence-electron chi connectivity index (χ3n) is 4.08. The van der Waals surface area contributed by atoms with E-state index in [4.69, 9.17) is 10.9 Å². The van der Waals surface area contributed by atoms with Gasteiger partial charge in [0.2, 0.25) is 15.9 Å². The number of sulfone groups is 1. The average molecular weight is 396 g/mol. The number of sulfonamides is 1. The molecule has 1 aromatic rings. The summed E-state index contributed by atoms with van der Waals surface area (Å²) in [4.78, 5) is 13.9. The fourth-order valence-electron chi connectivity index (χ4n) is 2.84. The van der Waals surface area contributed by atoms with Crippen LogP contribution in [0, 0.1) is 0 Å². The molecule has 0 aromatic carbocycles. The van der Waals surface area contributed by atoms with Crippen LogP contribution in [0.4, 0.5) is 0 Å². The molecule has 8 nitrogen and oxygen atoms in total. The summed E-state index contributed by atoms with van der Waals surface area (Å²) in [5, 5.41) is 4.42. The number of hydrogen-bond acceptors (Lipinski definition) is 7. The van der Waals surface area contributed by atoms with Gasteiger partial charge in [0, 0.05) is 25.1 Å². The molecular formula is C13H21N3O5S3. The molecular weight excluding hydrogens is 374 g/mol. The predicted molar refractivity (Wildman–Crippen MR) is 90.8 cm³/mol. The smallest absolute Gasteiger partial charge is 0.247 e. The van der Waals surface area contributed by atoms with Crippen molar-refractivity contribution in [1.82, 2.24) is 4.90 Å². The van der Waals surface area contributed by atoms with Crippen LogP contribution in [0.1, 0.15) is 38.3 Å². The molecule has 0 spiro atoms. The van der Waals surface area contributed by atoms with Crippen molar-refractivity contribution in [1.29, 1.82) is 0 Å². The maximum absolute atomic E-state index is 12.5. The molecule has 4 N–H and O–H groups in total. The SMILES string of the molecule is CCN(C(=O)CCN)C1CC(C)S(=O)(=O)c2sc(S(N)(=O)=O)cc21. The minimum Gasteiger partial charge on any atom is -0.336 e. The number of primary sulfonamides is 1. The molecule has 1 aromatic heterocycles. The molecule has 1 aliphatic rings. The molecule has 0 bridgehead atoms. The van der Waals surface area contributed by atoms with Gasteiger partial charge in [0.25, 0.3) is 0 Å². The van der Waals surface area contributed by atoms with E-state index >= 15 is 0 Å². The van der Waals surface area contributed by atoms with Gasteiger partial charge in [-0.3, -0.25) is 4.79 Å². The summed E-state index contributed by atoms with van der Waals surface area (Å²) in [6.07, 6.45) is 0.354. The highest BCUT2D eigenvalue weighted by Gasteiger charge is 2.42. The molecule has 2 unspecified atom stereocenters. The number of nitrogens with two attached hydrogens (primary N) is 2. The minimum absolute atomic E-state index is 0.0192. The fraction of sp³-hybridized carbons (Fsp3) is 0.615. The van der Waals surface area contributed by atoms with Gasteiger partial charge in [-0.1, -0.05) is 0 Å². The Labute approximate surface area is 145 Å². The van der Waals surface area contributed by atoms with E-state index < -0.39 is 31.2 Å². The van der Waals surface area contributed by atoms with Gasteiger partial charge >= 0.3 is 0 Å². The molecule has 1 aliphatic heterocycles. The van der Waals surface area contributed by atoms with Gasteiger partial charge < -0.3 is 10.6 Å². The Morgan fingerprint density at radius 1 is 1.46 bits per heavy atom. The normalized spacial score (nSPS) is 22.8. The lowest BCUT2D eigenvalue weighted by Crippen LogP contribution is -2.40.